The molecule has 0 heterocycles. The van der Waals surface area contributed by atoms with Crippen molar-refractivity contribution in [2.24, 2.45) is 0 Å². The predicted molar refractivity (Wildman–Crippen MR) is 86.8 cm³/mol. The second-order valence-corrected chi connectivity index (χ2v) is 5.78. The smallest absolute Gasteiger partial charge is 0.0592 e. The highest BCUT2D eigenvalue weighted by Crippen LogP contribution is 2.13. The first kappa shape index (κ1) is 15.1. The molecule has 0 aromatic heterocycles. The van der Waals surface area contributed by atoms with Crippen LogP contribution in [0.1, 0.15) is 11.1 Å². The van der Waals surface area contributed by atoms with Crippen LogP contribution in [0.15, 0.2) is 60.7 Å². The molecule has 0 amide bonds. The van der Waals surface area contributed by atoms with E-state index in [0.717, 1.165) is 18.1 Å². The summed E-state index contributed by atoms with van der Waals surface area (Å²) < 4.78 is 0. The maximum absolute atomic E-state index is 9.43. The zero-order chi connectivity index (χ0) is 14.0. The molecule has 0 spiro atoms. The van der Waals surface area contributed by atoms with E-state index in [-0.39, 0.29) is 12.6 Å². The molecule has 2 aromatic carbocycles. The number of hydrogen-bond donors (Lipinski definition) is 2. The molecule has 0 aliphatic carbocycles. The van der Waals surface area contributed by atoms with Gasteiger partial charge in [-0.15, -0.1) is 0 Å². The van der Waals surface area contributed by atoms with E-state index >= 15 is 0 Å². The molecule has 0 bridgehead atoms. The third-order valence-electron chi connectivity index (χ3n) is 3.09. The van der Waals surface area contributed by atoms with Crippen molar-refractivity contribution >= 4 is 11.8 Å². The lowest BCUT2D eigenvalue weighted by atomic mass is 10.2. The van der Waals surface area contributed by atoms with Gasteiger partial charge in [-0.1, -0.05) is 60.7 Å². The summed E-state index contributed by atoms with van der Waals surface area (Å²) in [7, 11) is 0. The van der Waals surface area contributed by atoms with Crippen LogP contribution >= 0.6 is 11.8 Å². The number of aliphatic hydroxyl groups is 1. The Kier molecular flexibility index (Phi) is 6.64. The third kappa shape index (κ3) is 5.37. The largest absolute Gasteiger partial charge is 0.395 e. The summed E-state index contributed by atoms with van der Waals surface area (Å²) in [6.07, 6.45) is 0. The molecule has 2 aromatic rings. The number of hydrogen-bond acceptors (Lipinski definition) is 3. The van der Waals surface area contributed by atoms with E-state index in [9.17, 15) is 5.11 Å². The van der Waals surface area contributed by atoms with E-state index in [2.05, 4.69) is 41.7 Å². The Morgan fingerprint density at radius 1 is 0.900 bits per heavy atom. The Morgan fingerprint density at radius 2 is 1.50 bits per heavy atom. The molecular formula is C17H21NOS. The maximum Gasteiger partial charge on any atom is 0.0592 e. The Morgan fingerprint density at radius 3 is 2.10 bits per heavy atom. The number of rotatable bonds is 8. The van der Waals surface area contributed by atoms with Gasteiger partial charge in [0, 0.05) is 24.1 Å². The first-order valence-corrected chi connectivity index (χ1v) is 8.04. The molecular weight excluding hydrogens is 266 g/mol. The van der Waals surface area contributed by atoms with Crippen LogP contribution in [0.25, 0.3) is 0 Å². The maximum atomic E-state index is 9.43. The van der Waals surface area contributed by atoms with Crippen molar-refractivity contribution in [2.75, 3.05) is 12.4 Å². The summed E-state index contributed by atoms with van der Waals surface area (Å²) in [5.41, 5.74) is 2.58. The molecule has 2 rings (SSSR count). The molecule has 0 aliphatic heterocycles. The molecule has 2 nitrogen and oxygen atoms in total. The van der Waals surface area contributed by atoms with Crippen molar-refractivity contribution in [1.82, 2.24) is 5.32 Å². The Balaban J connectivity index is 1.70. The highest BCUT2D eigenvalue weighted by molar-refractivity contribution is 7.98. The standard InChI is InChI=1S/C17H21NOS/c19-12-17(18-11-15-7-3-1-4-8-15)14-20-13-16-9-5-2-6-10-16/h1-10,17-19H,11-14H2/t17-/m1/s1. The van der Waals surface area contributed by atoms with Crippen LogP contribution < -0.4 is 5.32 Å². The molecule has 3 heteroatoms. The first-order chi connectivity index (χ1) is 9.88. The second-order valence-electron chi connectivity index (χ2n) is 4.75. The van der Waals surface area contributed by atoms with E-state index in [4.69, 9.17) is 0 Å². The third-order valence-corrected chi connectivity index (χ3v) is 4.26. The highest BCUT2D eigenvalue weighted by Gasteiger charge is 2.06. The SMILES string of the molecule is OC[C@H](CSCc1ccccc1)NCc1ccccc1. The summed E-state index contributed by atoms with van der Waals surface area (Å²) in [4.78, 5) is 0. The molecule has 0 radical (unpaired) electrons. The monoisotopic (exact) mass is 287 g/mol. The highest BCUT2D eigenvalue weighted by atomic mass is 32.2. The van der Waals surface area contributed by atoms with Crippen molar-refractivity contribution < 1.29 is 5.11 Å². The van der Waals surface area contributed by atoms with Gasteiger partial charge < -0.3 is 10.4 Å². The minimum atomic E-state index is 0.143. The van der Waals surface area contributed by atoms with E-state index in [0.29, 0.717) is 0 Å². The fourth-order valence-electron chi connectivity index (χ4n) is 1.93. The zero-order valence-corrected chi connectivity index (χ0v) is 12.4. The Labute approximate surface area is 125 Å². The molecule has 0 unspecified atom stereocenters. The summed E-state index contributed by atoms with van der Waals surface area (Å²) in [6, 6.07) is 20.9. The van der Waals surface area contributed by atoms with Gasteiger partial charge in [-0.25, -0.2) is 0 Å². The molecule has 20 heavy (non-hydrogen) atoms. The van der Waals surface area contributed by atoms with Gasteiger partial charge in [0.15, 0.2) is 0 Å². The van der Waals surface area contributed by atoms with Gasteiger partial charge in [0.2, 0.25) is 0 Å². The summed E-state index contributed by atoms with van der Waals surface area (Å²) in [5, 5.41) is 12.8. The van der Waals surface area contributed by atoms with Crippen LogP contribution in [0.4, 0.5) is 0 Å². The van der Waals surface area contributed by atoms with Gasteiger partial charge >= 0.3 is 0 Å². The average molecular weight is 287 g/mol. The van der Waals surface area contributed by atoms with Crippen molar-refractivity contribution in [3.05, 3.63) is 71.8 Å². The number of aliphatic hydroxyl groups excluding tert-OH is 1. The van der Waals surface area contributed by atoms with Crippen LogP contribution in [0.5, 0.6) is 0 Å². The first-order valence-electron chi connectivity index (χ1n) is 6.88. The number of nitrogens with one attached hydrogen (secondary N) is 1. The van der Waals surface area contributed by atoms with Gasteiger partial charge in [0.1, 0.15) is 0 Å². The van der Waals surface area contributed by atoms with Crippen molar-refractivity contribution in [3.8, 4) is 0 Å². The molecule has 0 saturated heterocycles. The van der Waals surface area contributed by atoms with Crippen LogP contribution in [0.2, 0.25) is 0 Å². The molecule has 106 valence electrons. The molecule has 1 atom stereocenters. The Hall–Kier alpha value is -1.29. The van der Waals surface area contributed by atoms with Crippen LogP contribution in [0.3, 0.4) is 0 Å². The molecule has 0 aliphatic rings. The van der Waals surface area contributed by atoms with Crippen molar-refractivity contribution in [3.63, 3.8) is 0 Å². The van der Waals surface area contributed by atoms with Crippen LogP contribution in [-0.4, -0.2) is 23.5 Å². The van der Waals surface area contributed by atoms with Crippen LogP contribution in [-0.2, 0) is 12.3 Å². The summed E-state index contributed by atoms with van der Waals surface area (Å²) in [5.74, 6) is 1.91. The Bertz CT molecular complexity index is 475. The minimum Gasteiger partial charge on any atom is -0.395 e. The van der Waals surface area contributed by atoms with Gasteiger partial charge in [0.25, 0.3) is 0 Å². The molecule has 0 fully saturated rings. The lowest BCUT2D eigenvalue weighted by Gasteiger charge is -2.16. The minimum absolute atomic E-state index is 0.143. The quantitative estimate of drug-likeness (QED) is 0.782. The second kappa shape index (κ2) is 8.80. The number of benzene rings is 2. The van der Waals surface area contributed by atoms with Gasteiger partial charge in [0.05, 0.1) is 6.61 Å². The van der Waals surface area contributed by atoms with Crippen molar-refractivity contribution in [2.45, 2.75) is 18.3 Å². The fraction of sp³-hybridized carbons (Fsp3) is 0.294. The van der Waals surface area contributed by atoms with Gasteiger partial charge in [-0.05, 0) is 11.1 Å². The summed E-state index contributed by atoms with van der Waals surface area (Å²) in [6.45, 7) is 0.979. The van der Waals surface area contributed by atoms with Crippen LogP contribution in [0, 0.1) is 0 Å². The van der Waals surface area contributed by atoms with Crippen molar-refractivity contribution in [1.29, 1.82) is 0 Å². The summed E-state index contributed by atoms with van der Waals surface area (Å²) >= 11 is 1.85. The van der Waals surface area contributed by atoms with E-state index in [1.54, 1.807) is 0 Å². The van der Waals surface area contributed by atoms with E-state index < -0.39 is 0 Å². The lowest BCUT2D eigenvalue weighted by Crippen LogP contribution is -2.34. The fourth-order valence-corrected chi connectivity index (χ4v) is 2.98. The van der Waals surface area contributed by atoms with E-state index in [1.807, 2.05) is 36.0 Å². The topological polar surface area (TPSA) is 32.3 Å². The number of thioether (sulfide) groups is 1. The normalized spacial score (nSPS) is 12.2. The molecule has 0 saturated carbocycles. The average Bonchev–Trinajstić information content (AvgIpc) is 2.52. The molecule has 2 N–H and O–H groups in total. The lowest BCUT2D eigenvalue weighted by molar-refractivity contribution is 0.253. The van der Waals surface area contributed by atoms with Gasteiger partial charge in [-0.3, -0.25) is 0 Å². The zero-order valence-electron chi connectivity index (χ0n) is 11.5. The van der Waals surface area contributed by atoms with E-state index in [1.165, 1.54) is 11.1 Å². The van der Waals surface area contributed by atoms with Gasteiger partial charge in [-0.2, -0.15) is 11.8 Å². The predicted octanol–water partition coefficient (Wildman–Crippen LogP) is 3.07.